The van der Waals surface area contributed by atoms with Gasteiger partial charge >= 0.3 is 0 Å². The van der Waals surface area contributed by atoms with Gasteiger partial charge in [-0.05, 0) is 49.8 Å². The molecule has 2 heterocycles. The Labute approximate surface area is 167 Å². The van der Waals surface area contributed by atoms with Gasteiger partial charge in [-0.1, -0.05) is 13.8 Å². The maximum Gasteiger partial charge on any atom is 0.193 e. The number of nitrogens with one attached hydrogen (secondary N) is 1. The zero-order chi connectivity index (χ0) is 19.9. The van der Waals surface area contributed by atoms with Crippen molar-refractivity contribution in [2.45, 2.75) is 32.7 Å². The van der Waals surface area contributed by atoms with E-state index in [1.165, 1.54) is 18.6 Å². The van der Waals surface area contributed by atoms with Crippen molar-refractivity contribution in [2.75, 3.05) is 39.8 Å². The molecule has 0 amide bonds. The number of likely N-dealkylation sites (tertiary alicyclic amines) is 1. The molecule has 0 radical (unpaired) electrons. The Morgan fingerprint density at radius 2 is 2.00 bits per heavy atom. The van der Waals surface area contributed by atoms with Gasteiger partial charge in [-0.15, -0.1) is 0 Å². The summed E-state index contributed by atoms with van der Waals surface area (Å²) in [7, 11) is 1.84. The molecule has 3 rings (SSSR count). The van der Waals surface area contributed by atoms with Gasteiger partial charge in [-0.3, -0.25) is 9.89 Å². The molecule has 1 aliphatic rings. The standard InChI is InChI=1S/C21H31FN6/c1-4-26(5-2)20-12-14-27(16-20)21(23-3)24-13-10-18-11-15-28(25-18)19-8-6-17(22)7-9-19/h6-9,11,15,20H,4-5,10,12-14,16H2,1-3H3,(H,23,24). The summed E-state index contributed by atoms with van der Waals surface area (Å²) >= 11 is 0. The summed E-state index contributed by atoms with van der Waals surface area (Å²) < 4.78 is 14.8. The van der Waals surface area contributed by atoms with Crippen LogP contribution >= 0.6 is 0 Å². The Kier molecular flexibility index (Phi) is 7.03. The van der Waals surface area contributed by atoms with Crippen molar-refractivity contribution < 1.29 is 4.39 Å². The fourth-order valence-corrected chi connectivity index (χ4v) is 3.84. The Morgan fingerprint density at radius 1 is 1.25 bits per heavy atom. The number of likely N-dealkylation sites (N-methyl/N-ethyl adjacent to an activating group) is 1. The summed E-state index contributed by atoms with van der Waals surface area (Å²) in [4.78, 5) is 9.33. The first kappa shape index (κ1) is 20.3. The molecule has 1 N–H and O–H groups in total. The second-order valence-corrected chi connectivity index (χ2v) is 7.06. The first-order chi connectivity index (χ1) is 13.6. The molecule has 152 valence electrons. The molecule has 0 spiro atoms. The predicted molar refractivity (Wildman–Crippen MR) is 111 cm³/mol. The van der Waals surface area contributed by atoms with E-state index in [1.54, 1.807) is 16.8 Å². The highest BCUT2D eigenvalue weighted by Gasteiger charge is 2.27. The third-order valence-electron chi connectivity index (χ3n) is 5.40. The lowest BCUT2D eigenvalue weighted by molar-refractivity contribution is 0.223. The van der Waals surface area contributed by atoms with Crippen molar-refractivity contribution in [2.24, 2.45) is 4.99 Å². The van der Waals surface area contributed by atoms with Gasteiger partial charge in [0.25, 0.3) is 0 Å². The van der Waals surface area contributed by atoms with E-state index >= 15 is 0 Å². The van der Waals surface area contributed by atoms with E-state index in [0.717, 1.165) is 56.5 Å². The molecule has 0 bridgehead atoms. The Morgan fingerprint density at radius 3 is 2.68 bits per heavy atom. The van der Waals surface area contributed by atoms with Gasteiger partial charge < -0.3 is 10.2 Å². The van der Waals surface area contributed by atoms with Crippen LogP contribution in [0.25, 0.3) is 5.69 Å². The van der Waals surface area contributed by atoms with Gasteiger partial charge in [0, 0.05) is 45.3 Å². The highest BCUT2D eigenvalue weighted by molar-refractivity contribution is 5.80. The van der Waals surface area contributed by atoms with Crippen LogP contribution in [0.15, 0.2) is 41.5 Å². The lowest BCUT2D eigenvalue weighted by atomic mass is 10.2. The minimum Gasteiger partial charge on any atom is -0.356 e. The van der Waals surface area contributed by atoms with Crippen molar-refractivity contribution in [3.8, 4) is 5.69 Å². The molecule has 28 heavy (non-hydrogen) atoms. The van der Waals surface area contributed by atoms with Crippen LogP contribution in [0.1, 0.15) is 26.0 Å². The number of aliphatic imine (C=N–C) groups is 1. The zero-order valence-corrected chi connectivity index (χ0v) is 17.1. The third kappa shape index (κ3) is 4.90. The van der Waals surface area contributed by atoms with Crippen molar-refractivity contribution in [1.82, 2.24) is 24.9 Å². The van der Waals surface area contributed by atoms with E-state index in [1.807, 2.05) is 19.3 Å². The minimum atomic E-state index is -0.239. The molecule has 2 aromatic rings. The second-order valence-electron chi connectivity index (χ2n) is 7.06. The van der Waals surface area contributed by atoms with Crippen LogP contribution in [-0.2, 0) is 6.42 Å². The lowest BCUT2D eigenvalue weighted by Crippen LogP contribution is -2.43. The summed E-state index contributed by atoms with van der Waals surface area (Å²) in [5, 5.41) is 8.05. The molecule has 1 aromatic heterocycles. The van der Waals surface area contributed by atoms with Crippen LogP contribution in [0.3, 0.4) is 0 Å². The highest BCUT2D eigenvalue weighted by atomic mass is 19.1. The van der Waals surface area contributed by atoms with E-state index < -0.39 is 0 Å². The first-order valence-electron chi connectivity index (χ1n) is 10.1. The summed E-state index contributed by atoms with van der Waals surface area (Å²) in [5.74, 6) is 0.726. The number of guanidine groups is 1. The molecular formula is C21H31FN6. The fraction of sp³-hybridized carbons (Fsp3) is 0.524. The van der Waals surface area contributed by atoms with E-state index in [9.17, 15) is 4.39 Å². The molecule has 6 nitrogen and oxygen atoms in total. The summed E-state index contributed by atoms with van der Waals surface area (Å²) in [5.41, 5.74) is 1.85. The SMILES string of the molecule is CCN(CC)C1CCN(C(=NC)NCCc2ccn(-c3ccc(F)cc3)n2)C1. The Bertz CT molecular complexity index is 765. The number of rotatable bonds is 7. The normalized spacial score (nSPS) is 17.5. The topological polar surface area (TPSA) is 48.7 Å². The quantitative estimate of drug-likeness (QED) is 0.587. The number of nitrogens with zero attached hydrogens (tertiary/aromatic N) is 5. The molecule has 1 atom stereocenters. The zero-order valence-electron chi connectivity index (χ0n) is 17.1. The molecule has 7 heteroatoms. The number of benzene rings is 1. The lowest BCUT2D eigenvalue weighted by Gasteiger charge is -2.27. The smallest absolute Gasteiger partial charge is 0.193 e. The van der Waals surface area contributed by atoms with Gasteiger partial charge in [-0.25, -0.2) is 9.07 Å². The molecule has 1 saturated heterocycles. The molecule has 0 aliphatic carbocycles. The Hall–Kier alpha value is -2.41. The Balaban J connectivity index is 1.50. The number of aromatic nitrogens is 2. The average Bonchev–Trinajstić information content (AvgIpc) is 3.37. The maximum absolute atomic E-state index is 13.1. The van der Waals surface area contributed by atoms with E-state index in [2.05, 4.69) is 39.1 Å². The number of halogens is 1. The largest absolute Gasteiger partial charge is 0.356 e. The van der Waals surface area contributed by atoms with Gasteiger partial charge in [0.15, 0.2) is 5.96 Å². The van der Waals surface area contributed by atoms with Gasteiger partial charge in [0.2, 0.25) is 0 Å². The van der Waals surface area contributed by atoms with E-state index in [4.69, 9.17) is 0 Å². The fourth-order valence-electron chi connectivity index (χ4n) is 3.84. The minimum absolute atomic E-state index is 0.239. The molecular weight excluding hydrogens is 355 g/mol. The molecule has 1 aliphatic heterocycles. The monoisotopic (exact) mass is 386 g/mol. The molecule has 0 saturated carbocycles. The maximum atomic E-state index is 13.1. The van der Waals surface area contributed by atoms with Crippen LogP contribution < -0.4 is 5.32 Å². The average molecular weight is 387 g/mol. The van der Waals surface area contributed by atoms with Crippen molar-refractivity contribution >= 4 is 5.96 Å². The van der Waals surface area contributed by atoms with Gasteiger partial charge in [-0.2, -0.15) is 5.10 Å². The molecule has 1 fully saturated rings. The van der Waals surface area contributed by atoms with Crippen molar-refractivity contribution in [1.29, 1.82) is 0 Å². The van der Waals surface area contributed by atoms with Gasteiger partial charge in [0.1, 0.15) is 5.82 Å². The van der Waals surface area contributed by atoms with Crippen LogP contribution in [0.4, 0.5) is 4.39 Å². The summed E-state index contributed by atoms with van der Waals surface area (Å²) in [6, 6.07) is 8.96. The molecule has 1 aromatic carbocycles. The highest BCUT2D eigenvalue weighted by Crippen LogP contribution is 2.15. The van der Waals surface area contributed by atoms with E-state index in [-0.39, 0.29) is 5.82 Å². The van der Waals surface area contributed by atoms with Gasteiger partial charge in [0.05, 0.1) is 11.4 Å². The first-order valence-corrected chi connectivity index (χ1v) is 10.1. The number of hydrogen-bond donors (Lipinski definition) is 1. The second kappa shape index (κ2) is 9.68. The predicted octanol–water partition coefficient (Wildman–Crippen LogP) is 2.55. The summed E-state index contributed by atoms with van der Waals surface area (Å²) in [6.45, 7) is 9.49. The van der Waals surface area contributed by atoms with Crippen LogP contribution in [0.2, 0.25) is 0 Å². The molecule has 1 unspecified atom stereocenters. The number of hydrogen-bond acceptors (Lipinski definition) is 3. The van der Waals surface area contributed by atoms with Crippen molar-refractivity contribution in [3.63, 3.8) is 0 Å². The van der Waals surface area contributed by atoms with Crippen molar-refractivity contribution in [3.05, 3.63) is 48.0 Å². The summed E-state index contributed by atoms with van der Waals surface area (Å²) in [6.07, 6.45) is 3.90. The van der Waals surface area contributed by atoms with Crippen LogP contribution in [0, 0.1) is 5.82 Å². The van der Waals surface area contributed by atoms with Crippen LogP contribution in [0.5, 0.6) is 0 Å². The third-order valence-corrected chi connectivity index (χ3v) is 5.40. The van der Waals surface area contributed by atoms with Crippen LogP contribution in [-0.4, -0.2) is 71.4 Å². The van der Waals surface area contributed by atoms with E-state index in [0.29, 0.717) is 6.04 Å².